The minimum atomic E-state index is -1.38. The monoisotopic (exact) mass is 392 g/mol. The number of methoxy groups -OCH3 is 2. The van der Waals surface area contributed by atoms with Gasteiger partial charge in [-0.25, -0.2) is 14.7 Å². The van der Waals surface area contributed by atoms with Crippen molar-refractivity contribution in [3.63, 3.8) is 0 Å². The standard InChI is InChI=1S/C21H16N2O6/c1-10-4-5-15-14(6-10)16-17(18(22-15)21(26)27)20(25)23(19(16)24)11-7-12(28-2)9-13(8-11)29-3/h4-9H,1-3H3,(H,26,27). The Balaban J connectivity index is 2.00. The van der Waals surface area contributed by atoms with Crippen molar-refractivity contribution >= 4 is 34.4 Å². The smallest absolute Gasteiger partial charge is 0.355 e. The number of aromatic carboxylic acids is 1. The molecule has 4 rings (SSSR count). The van der Waals surface area contributed by atoms with Crippen LogP contribution in [0.5, 0.6) is 11.5 Å². The van der Waals surface area contributed by atoms with E-state index in [1.54, 1.807) is 24.3 Å². The van der Waals surface area contributed by atoms with Crippen LogP contribution in [-0.2, 0) is 0 Å². The lowest BCUT2D eigenvalue weighted by Gasteiger charge is -2.16. The van der Waals surface area contributed by atoms with Gasteiger partial charge in [-0.2, -0.15) is 0 Å². The van der Waals surface area contributed by atoms with Crippen LogP contribution in [-0.4, -0.2) is 42.1 Å². The summed E-state index contributed by atoms with van der Waals surface area (Å²) in [6.45, 7) is 1.84. The molecule has 2 aromatic carbocycles. The average Bonchev–Trinajstić information content (AvgIpc) is 2.97. The number of aryl methyl sites for hydroxylation is 1. The molecule has 0 bridgehead atoms. The summed E-state index contributed by atoms with van der Waals surface area (Å²) in [6, 6.07) is 9.72. The molecule has 8 nitrogen and oxygen atoms in total. The number of carbonyl (C=O) groups is 3. The molecule has 0 aliphatic carbocycles. The van der Waals surface area contributed by atoms with E-state index in [1.807, 2.05) is 6.92 Å². The summed E-state index contributed by atoms with van der Waals surface area (Å²) in [5, 5.41) is 10.0. The van der Waals surface area contributed by atoms with Gasteiger partial charge in [-0.05, 0) is 19.1 Å². The number of anilines is 1. The van der Waals surface area contributed by atoms with Crippen LogP contribution in [0.4, 0.5) is 5.69 Å². The van der Waals surface area contributed by atoms with E-state index in [2.05, 4.69) is 4.98 Å². The van der Waals surface area contributed by atoms with Crippen molar-refractivity contribution in [3.8, 4) is 11.5 Å². The average molecular weight is 392 g/mol. The van der Waals surface area contributed by atoms with Gasteiger partial charge in [0.05, 0.1) is 36.6 Å². The molecule has 0 saturated heterocycles. The molecule has 146 valence electrons. The van der Waals surface area contributed by atoms with Crippen molar-refractivity contribution in [1.82, 2.24) is 4.98 Å². The number of hydrogen-bond donors (Lipinski definition) is 1. The second-order valence-electron chi connectivity index (χ2n) is 6.55. The number of benzene rings is 2. The maximum Gasteiger partial charge on any atom is 0.355 e. The summed E-state index contributed by atoms with van der Waals surface area (Å²) in [4.78, 5) is 43.3. The van der Waals surface area contributed by atoms with Crippen LogP contribution in [0.1, 0.15) is 36.8 Å². The SMILES string of the molecule is COc1cc(OC)cc(N2C(=O)c3c(C(=O)O)nc4ccc(C)cc4c3C2=O)c1. The van der Waals surface area contributed by atoms with Crippen molar-refractivity contribution in [1.29, 1.82) is 0 Å². The quantitative estimate of drug-likeness (QED) is 0.680. The molecule has 0 saturated carbocycles. The molecule has 0 spiro atoms. The van der Waals surface area contributed by atoms with E-state index in [0.29, 0.717) is 22.4 Å². The zero-order chi connectivity index (χ0) is 20.9. The Morgan fingerprint density at radius 3 is 2.17 bits per heavy atom. The molecule has 1 aliphatic rings. The van der Waals surface area contributed by atoms with Gasteiger partial charge in [-0.3, -0.25) is 9.59 Å². The van der Waals surface area contributed by atoms with Gasteiger partial charge in [0.25, 0.3) is 11.8 Å². The summed E-state index contributed by atoms with van der Waals surface area (Å²) in [7, 11) is 2.90. The number of ether oxygens (including phenoxy) is 2. The molecule has 3 aromatic rings. The highest BCUT2D eigenvalue weighted by atomic mass is 16.5. The molecule has 2 amide bonds. The number of amides is 2. The lowest BCUT2D eigenvalue weighted by atomic mass is 10.0. The fourth-order valence-electron chi connectivity index (χ4n) is 3.43. The van der Waals surface area contributed by atoms with E-state index in [1.165, 1.54) is 26.4 Å². The van der Waals surface area contributed by atoms with Crippen molar-refractivity contribution in [3.05, 3.63) is 58.8 Å². The maximum atomic E-state index is 13.3. The summed E-state index contributed by atoms with van der Waals surface area (Å²) in [5.41, 5.74) is 0.756. The second kappa shape index (κ2) is 6.59. The van der Waals surface area contributed by atoms with Crippen LogP contribution in [0.25, 0.3) is 10.9 Å². The van der Waals surface area contributed by atoms with Crippen LogP contribution in [0, 0.1) is 6.92 Å². The summed E-state index contributed by atoms with van der Waals surface area (Å²) < 4.78 is 10.4. The van der Waals surface area contributed by atoms with Gasteiger partial charge in [-0.1, -0.05) is 11.6 Å². The first-order valence-corrected chi connectivity index (χ1v) is 8.65. The maximum absolute atomic E-state index is 13.3. The van der Waals surface area contributed by atoms with Crippen LogP contribution < -0.4 is 14.4 Å². The highest BCUT2D eigenvalue weighted by Gasteiger charge is 2.42. The lowest BCUT2D eigenvalue weighted by Crippen LogP contribution is -2.29. The van der Waals surface area contributed by atoms with E-state index >= 15 is 0 Å². The van der Waals surface area contributed by atoms with Gasteiger partial charge in [0.2, 0.25) is 0 Å². The highest BCUT2D eigenvalue weighted by Crippen LogP contribution is 2.37. The third-order valence-corrected chi connectivity index (χ3v) is 4.77. The van der Waals surface area contributed by atoms with Crippen LogP contribution >= 0.6 is 0 Å². The van der Waals surface area contributed by atoms with E-state index in [4.69, 9.17) is 9.47 Å². The molecular formula is C21H16N2O6. The summed E-state index contributed by atoms with van der Waals surface area (Å²) in [6.07, 6.45) is 0. The van der Waals surface area contributed by atoms with Gasteiger partial charge >= 0.3 is 5.97 Å². The Hall–Kier alpha value is -3.94. The van der Waals surface area contributed by atoms with Crippen molar-refractivity contribution < 1.29 is 29.0 Å². The number of imide groups is 1. The Morgan fingerprint density at radius 2 is 1.59 bits per heavy atom. The van der Waals surface area contributed by atoms with E-state index < -0.39 is 23.5 Å². The van der Waals surface area contributed by atoms with Crippen molar-refractivity contribution in [2.24, 2.45) is 0 Å². The molecule has 1 aliphatic heterocycles. The largest absolute Gasteiger partial charge is 0.497 e. The molecule has 2 heterocycles. The number of fused-ring (bicyclic) bond motifs is 3. The zero-order valence-corrected chi connectivity index (χ0v) is 15.8. The van der Waals surface area contributed by atoms with Gasteiger partial charge < -0.3 is 14.6 Å². The van der Waals surface area contributed by atoms with Gasteiger partial charge in [-0.15, -0.1) is 0 Å². The van der Waals surface area contributed by atoms with Crippen LogP contribution in [0.15, 0.2) is 36.4 Å². The highest BCUT2D eigenvalue weighted by molar-refractivity contribution is 6.39. The van der Waals surface area contributed by atoms with Crippen molar-refractivity contribution in [2.45, 2.75) is 6.92 Å². The number of pyridine rings is 1. The number of rotatable bonds is 4. The van der Waals surface area contributed by atoms with E-state index in [9.17, 15) is 19.5 Å². The second-order valence-corrected chi connectivity index (χ2v) is 6.55. The molecular weight excluding hydrogens is 376 g/mol. The van der Waals surface area contributed by atoms with Gasteiger partial charge in [0.1, 0.15) is 11.5 Å². The third kappa shape index (κ3) is 2.77. The van der Waals surface area contributed by atoms with Gasteiger partial charge in [0.15, 0.2) is 5.69 Å². The Morgan fingerprint density at radius 1 is 0.966 bits per heavy atom. The minimum absolute atomic E-state index is 0.0305. The molecule has 0 atom stereocenters. The van der Waals surface area contributed by atoms with E-state index in [0.717, 1.165) is 10.5 Å². The van der Waals surface area contributed by atoms with Crippen LogP contribution in [0.3, 0.4) is 0 Å². The number of carbonyl (C=O) groups excluding carboxylic acids is 2. The normalized spacial score (nSPS) is 13.0. The molecule has 1 aromatic heterocycles. The van der Waals surface area contributed by atoms with Crippen molar-refractivity contribution in [2.75, 3.05) is 19.1 Å². The number of carboxylic acids is 1. The number of aromatic nitrogens is 1. The molecule has 0 unspecified atom stereocenters. The minimum Gasteiger partial charge on any atom is -0.497 e. The van der Waals surface area contributed by atoms with E-state index in [-0.39, 0.29) is 16.8 Å². The first kappa shape index (κ1) is 18.4. The Kier molecular flexibility index (Phi) is 4.19. The molecule has 1 N–H and O–H groups in total. The molecule has 8 heteroatoms. The number of nitrogens with zero attached hydrogens (tertiary/aromatic N) is 2. The summed E-state index contributed by atoms with van der Waals surface area (Å²) in [5.74, 6) is -1.99. The van der Waals surface area contributed by atoms with Crippen LogP contribution in [0.2, 0.25) is 0 Å². The fourth-order valence-corrected chi connectivity index (χ4v) is 3.43. The lowest BCUT2D eigenvalue weighted by molar-refractivity contribution is 0.0685. The molecule has 29 heavy (non-hydrogen) atoms. The molecule has 0 fully saturated rings. The number of hydrogen-bond acceptors (Lipinski definition) is 6. The first-order valence-electron chi connectivity index (χ1n) is 8.65. The first-order chi connectivity index (χ1) is 13.8. The molecule has 0 radical (unpaired) electrons. The summed E-state index contributed by atoms with van der Waals surface area (Å²) >= 11 is 0. The van der Waals surface area contributed by atoms with Gasteiger partial charge in [0, 0.05) is 23.6 Å². The number of carboxylic acid groups (broad SMARTS) is 1. The zero-order valence-electron chi connectivity index (χ0n) is 15.8. The predicted octanol–water partition coefficient (Wildman–Crippen LogP) is 3.06. The Labute approximate surface area is 165 Å². The predicted molar refractivity (Wildman–Crippen MR) is 104 cm³/mol. The third-order valence-electron chi connectivity index (χ3n) is 4.77. The fraction of sp³-hybridized carbons (Fsp3) is 0.143. The Bertz CT molecular complexity index is 1200. The topological polar surface area (TPSA) is 106 Å².